The van der Waals surface area contributed by atoms with E-state index in [1.54, 1.807) is 6.08 Å². The normalized spacial score (nSPS) is 9.71. The zero-order valence-electron chi connectivity index (χ0n) is 7.25. The zero-order chi connectivity index (χ0) is 9.68. The Morgan fingerprint density at radius 3 is 2.93 bits per heavy atom. The topological polar surface area (TPSA) is 89.1 Å². The van der Waals surface area contributed by atoms with Crippen LogP contribution < -0.4 is 5.73 Å². The Kier molecular flexibility index (Phi) is 5.24. The lowest BCUT2D eigenvalue weighted by molar-refractivity contribution is 0.0690. The van der Waals surface area contributed by atoms with Crippen LogP contribution in [0.4, 0.5) is 0 Å². The van der Waals surface area contributed by atoms with E-state index in [4.69, 9.17) is 10.8 Å². The number of allylic oxidation sites excluding steroid dienone is 1. The lowest BCUT2D eigenvalue weighted by atomic mass is 10.3. The quantitative estimate of drug-likeness (QED) is 0.771. The van der Waals surface area contributed by atoms with Crippen LogP contribution in [-0.4, -0.2) is 21.0 Å². The van der Waals surface area contributed by atoms with Crippen molar-refractivity contribution in [2.45, 2.75) is 6.42 Å². The minimum atomic E-state index is -1.06. The lowest BCUT2D eigenvalue weighted by Crippen LogP contribution is -2.04. The number of carboxylic acids is 1. The van der Waals surface area contributed by atoms with Gasteiger partial charge >= 0.3 is 5.97 Å². The molecule has 0 fully saturated rings. The van der Waals surface area contributed by atoms with Gasteiger partial charge in [-0.3, -0.25) is 0 Å². The van der Waals surface area contributed by atoms with Gasteiger partial charge in [-0.2, -0.15) is 0 Å². The molecule has 5 nitrogen and oxygen atoms in total. The number of carboxylic acid groups (broad SMARTS) is 1. The van der Waals surface area contributed by atoms with Crippen molar-refractivity contribution in [1.29, 1.82) is 0 Å². The lowest BCUT2D eigenvalue weighted by Gasteiger charge is -1.96. The summed E-state index contributed by atoms with van der Waals surface area (Å²) in [5.74, 6) is -0.609. The Bertz CT molecular complexity index is 341. The smallest absolute Gasteiger partial charge is 0.354 e. The molecule has 0 aromatic carbocycles. The van der Waals surface area contributed by atoms with E-state index >= 15 is 0 Å². The third-order valence-electron chi connectivity index (χ3n) is 1.36. The third kappa shape index (κ3) is 3.40. The first-order valence-electron chi connectivity index (χ1n) is 3.66. The first-order chi connectivity index (χ1) is 6.24. The van der Waals surface area contributed by atoms with Crippen LogP contribution in [0.3, 0.4) is 0 Å². The number of aromatic carboxylic acids is 1. The highest BCUT2D eigenvalue weighted by molar-refractivity contribution is 5.85. The van der Waals surface area contributed by atoms with Crippen LogP contribution in [0, 0.1) is 0 Å². The molecule has 1 aromatic heterocycles. The summed E-state index contributed by atoms with van der Waals surface area (Å²) in [6.07, 6.45) is 4.88. The summed E-state index contributed by atoms with van der Waals surface area (Å²) in [6, 6.07) is 1.35. The summed E-state index contributed by atoms with van der Waals surface area (Å²) in [5.41, 5.74) is 5.12. The molecule has 0 saturated heterocycles. The van der Waals surface area contributed by atoms with Gasteiger partial charge in [0.05, 0.1) is 0 Å². The molecule has 6 heteroatoms. The third-order valence-corrected chi connectivity index (χ3v) is 1.36. The molecule has 0 saturated carbocycles. The average molecular weight is 216 g/mol. The molecular formula is C8H10ClN3O2. The van der Waals surface area contributed by atoms with Crippen molar-refractivity contribution >= 4 is 18.4 Å². The molecule has 1 rings (SSSR count). The van der Waals surface area contributed by atoms with Gasteiger partial charge in [0.25, 0.3) is 0 Å². The fourth-order valence-electron chi connectivity index (χ4n) is 0.790. The first-order valence-corrected chi connectivity index (χ1v) is 3.66. The second kappa shape index (κ2) is 5.93. The Morgan fingerprint density at radius 2 is 2.36 bits per heavy atom. The maximum absolute atomic E-state index is 10.5. The maximum atomic E-state index is 10.5. The number of nitrogens with zero attached hydrogens (tertiary/aromatic N) is 2. The maximum Gasteiger partial charge on any atom is 0.354 e. The van der Waals surface area contributed by atoms with Crippen LogP contribution in [0.25, 0.3) is 0 Å². The predicted octanol–water partition coefficient (Wildman–Crippen LogP) is 0.611. The monoisotopic (exact) mass is 215 g/mol. The summed E-state index contributed by atoms with van der Waals surface area (Å²) < 4.78 is 0. The van der Waals surface area contributed by atoms with Gasteiger partial charge in [0.2, 0.25) is 0 Å². The van der Waals surface area contributed by atoms with Gasteiger partial charge < -0.3 is 10.8 Å². The number of rotatable bonds is 3. The Balaban J connectivity index is 0.00000169. The van der Waals surface area contributed by atoms with E-state index < -0.39 is 5.97 Å². The SMILES string of the molecule is Cl.NC=CCc1nccc(C(=O)O)n1. The molecule has 0 aliphatic heterocycles. The molecule has 3 N–H and O–H groups in total. The van der Waals surface area contributed by atoms with Crippen LogP contribution in [-0.2, 0) is 6.42 Å². The van der Waals surface area contributed by atoms with Gasteiger partial charge in [0.1, 0.15) is 5.82 Å². The Hall–Kier alpha value is -1.62. The number of carbonyl (C=O) groups is 1. The van der Waals surface area contributed by atoms with Crippen molar-refractivity contribution in [2.24, 2.45) is 5.73 Å². The van der Waals surface area contributed by atoms with Gasteiger partial charge in [-0.15, -0.1) is 12.4 Å². The number of nitrogens with two attached hydrogens (primary N) is 1. The second-order valence-electron chi connectivity index (χ2n) is 2.30. The molecule has 0 atom stereocenters. The van der Waals surface area contributed by atoms with E-state index in [1.165, 1.54) is 18.5 Å². The van der Waals surface area contributed by atoms with E-state index in [9.17, 15) is 4.79 Å². The predicted molar refractivity (Wildman–Crippen MR) is 53.3 cm³/mol. The van der Waals surface area contributed by atoms with Crippen LogP contribution >= 0.6 is 12.4 Å². The summed E-state index contributed by atoms with van der Waals surface area (Å²) in [6.45, 7) is 0. The highest BCUT2D eigenvalue weighted by atomic mass is 35.5. The van der Waals surface area contributed by atoms with Crippen LogP contribution in [0.1, 0.15) is 16.3 Å². The molecule has 0 spiro atoms. The van der Waals surface area contributed by atoms with Crippen molar-refractivity contribution in [2.75, 3.05) is 0 Å². The number of hydrogen-bond acceptors (Lipinski definition) is 4. The molecule has 76 valence electrons. The van der Waals surface area contributed by atoms with Gasteiger partial charge in [0, 0.05) is 12.6 Å². The molecule has 0 aliphatic rings. The minimum absolute atomic E-state index is 0. The second-order valence-corrected chi connectivity index (χ2v) is 2.30. The van der Waals surface area contributed by atoms with Crippen molar-refractivity contribution in [3.63, 3.8) is 0 Å². The van der Waals surface area contributed by atoms with Crippen LogP contribution in [0.5, 0.6) is 0 Å². The van der Waals surface area contributed by atoms with Gasteiger partial charge in [0.15, 0.2) is 5.69 Å². The fraction of sp³-hybridized carbons (Fsp3) is 0.125. The molecule has 0 unspecified atom stereocenters. The average Bonchev–Trinajstić information content (AvgIpc) is 2.15. The molecule has 0 radical (unpaired) electrons. The number of halogens is 1. The molecule has 0 amide bonds. The van der Waals surface area contributed by atoms with Gasteiger partial charge in [-0.1, -0.05) is 6.08 Å². The van der Waals surface area contributed by atoms with E-state index in [0.29, 0.717) is 12.2 Å². The molecule has 0 aliphatic carbocycles. The number of hydrogen-bond donors (Lipinski definition) is 2. The van der Waals surface area contributed by atoms with Crippen molar-refractivity contribution in [3.05, 3.63) is 36.1 Å². The molecule has 1 heterocycles. The standard InChI is InChI=1S/C8H9N3O2.ClH/c9-4-1-2-7-10-5-3-6(11-7)8(12)13;/h1,3-5H,2,9H2,(H,12,13);1H. The van der Waals surface area contributed by atoms with Crippen molar-refractivity contribution in [1.82, 2.24) is 9.97 Å². The van der Waals surface area contributed by atoms with Crippen LogP contribution in [0.15, 0.2) is 24.5 Å². The van der Waals surface area contributed by atoms with Crippen molar-refractivity contribution in [3.8, 4) is 0 Å². The van der Waals surface area contributed by atoms with E-state index in [2.05, 4.69) is 9.97 Å². The summed E-state index contributed by atoms with van der Waals surface area (Å²) in [7, 11) is 0. The zero-order valence-corrected chi connectivity index (χ0v) is 8.07. The first kappa shape index (κ1) is 12.4. The Labute approximate surface area is 87.1 Å². The van der Waals surface area contributed by atoms with E-state index in [1.807, 2.05) is 0 Å². The van der Waals surface area contributed by atoms with Crippen LogP contribution in [0.2, 0.25) is 0 Å². The summed E-state index contributed by atoms with van der Waals surface area (Å²) in [4.78, 5) is 18.2. The molecule has 14 heavy (non-hydrogen) atoms. The summed E-state index contributed by atoms with van der Waals surface area (Å²) in [5, 5.41) is 8.60. The molecule has 1 aromatic rings. The molecule has 0 bridgehead atoms. The highest BCUT2D eigenvalue weighted by Crippen LogP contribution is 1.96. The van der Waals surface area contributed by atoms with Gasteiger partial charge in [-0.25, -0.2) is 14.8 Å². The summed E-state index contributed by atoms with van der Waals surface area (Å²) >= 11 is 0. The van der Waals surface area contributed by atoms with E-state index in [-0.39, 0.29) is 18.1 Å². The van der Waals surface area contributed by atoms with E-state index in [0.717, 1.165) is 0 Å². The largest absolute Gasteiger partial charge is 0.477 e. The fourth-order valence-corrected chi connectivity index (χ4v) is 0.790. The number of aromatic nitrogens is 2. The minimum Gasteiger partial charge on any atom is -0.477 e. The highest BCUT2D eigenvalue weighted by Gasteiger charge is 2.04. The van der Waals surface area contributed by atoms with Gasteiger partial charge in [-0.05, 0) is 12.3 Å². The van der Waals surface area contributed by atoms with Crippen molar-refractivity contribution < 1.29 is 9.90 Å². The molecular weight excluding hydrogens is 206 g/mol. The Morgan fingerprint density at radius 1 is 1.64 bits per heavy atom.